The molecule has 0 atom stereocenters. The Morgan fingerprint density at radius 1 is 1.36 bits per heavy atom. The van der Waals surface area contributed by atoms with Gasteiger partial charge in [0.15, 0.2) is 17.9 Å². The zero-order valence-corrected chi connectivity index (χ0v) is 8.50. The normalized spacial score (nSPS) is 11.1. The Kier molecular flexibility index (Phi) is 2.89. The van der Waals surface area contributed by atoms with Crippen LogP contribution < -0.4 is 4.74 Å². The first-order valence-corrected chi connectivity index (χ1v) is 4.37. The summed E-state index contributed by atoms with van der Waals surface area (Å²) in [5.74, 6) is -0.487. The molecule has 0 spiro atoms. The highest BCUT2D eigenvalue weighted by Crippen LogP contribution is 2.25. The molecule has 2 nitrogen and oxygen atoms in total. The van der Waals surface area contributed by atoms with E-state index in [1.165, 1.54) is 18.2 Å². The molecule has 0 bridgehead atoms. The lowest BCUT2D eigenvalue weighted by Gasteiger charge is -2.22. The molecule has 0 aliphatic rings. The largest absolute Gasteiger partial charge is 0.484 e. The topological polar surface area (TPSA) is 26.3 Å². The van der Waals surface area contributed by atoms with Crippen molar-refractivity contribution in [2.75, 3.05) is 0 Å². The van der Waals surface area contributed by atoms with E-state index in [1.807, 2.05) is 0 Å². The van der Waals surface area contributed by atoms with Gasteiger partial charge in [0.1, 0.15) is 5.60 Å². The summed E-state index contributed by atoms with van der Waals surface area (Å²) in [7, 11) is 0. The maximum absolute atomic E-state index is 13.3. The molecule has 0 unspecified atom stereocenters. The second kappa shape index (κ2) is 3.78. The van der Waals surface area contributed by atoms with Crippen molar-refractivity contribution in [2.24, 2.45) is 0 Å². The predicted octanol–water partition coefficient (Wildman–Crippen LogP) is 2.82. The van der Waals surface area contributed by atoms with Crippen molar-refractivity contribution < 1.29 is 13.9 Å². The van der Waals surface area contributed by atoms with Crippen LogP contribution in [-0.2, 0) is 0 Å². The van der Waals surface area contributed by atoms with Crippen LogP contribution in [0.1, 0.15) is 31.1 Å². The van der Waals surface area contributed by atoms with Gasteiger partial charge in [-0.1, -0.05) is 6.07 Å². The summed E-state index contributed by atoms with van der Waals surface area (Å²) >= 11 is 0. The zero-order chi connectivity index (χ0) is 10.8. The van der Waals surface area contributed by atoms with Gasteiger partial charge in [0.25, 0.3) is 0 Å². The molecule has 1 aromatic carbocycles. The quantitative estimate of drug-likeness (QED) is 0.680. The predicted molar refractivity (Wildman–Crippen MR) is 52.2 cm³/mol. The van der Waals surface area contributed by atoms with E-state index in [0.29, 0.717) is 6.29 Å². The van der Waals surface area contributed by atoms with Gasteiger partial charge in [0, 0.05) is 0 Å². The van der Waals surface area contributed by atoms with E-state index in [9.17, 15) is 9.18 Å². The number of rotatable bonds is 2. The number of hydrogen-bond acceptors (Lipinski definition) is 2. The van der Waals surface area contributed by atoms with E-state index in [0.717, 1.165) is 0 Å². The van der Waals surface area contributed by atoms with Crippen molar-refractivity contribution in [1.82, 2.24) is 0 Å². The average Bonchev–Trinajstić information content (AvgIpc) is 2.06. The van der Waals surface area contributed by atoms with Crippen LogP contribution in [0.15, 0.2) is 18.2 Å². The minimum absolute atomic E-state index is 0.0231. The number of carbonyl (C=O) groups excluding carboxylic acids is 1. The molecule has 76 valence electrons. The van der Waals surface area contributed by atoms with Gasteiger partial charge in [-0.3, -0.25) is 4.79 Å². The second-order valence-electron chi connectivity index (χ2n) is 3.99. The maximum Gasteiger partial charge on any atom is 0.166 e. The lowest BCUT2D eigenvalue weighted by Crippen LogP contribution is -2.24. The van der Waals surface area contributed by atoms with Crippen molar-refractivity contribution >= 4 is 6.29 Å². The third-order valence-corrected chi connectivity index (χ3v) is 1.53. The van der Waals surface area contributed by atoms with E-state index in [4.69, 9.17) is 4.74 Å². The van der Waals surface area contributed by atoms with Gasteiger partial charge in [-0.05, 0) is 32.9 Å². The molecule has 0 saturated carbocycles. The van der Waals surface area contributed by atoms with Gasteiger partial charge < -0.3 is 4.74 Å². The van der Waals surface area contributed by atoms with Gasteiger partial charge in [0.05, 0.1) is 5.56 Å². The summed E-state index contributed by atoms with van der Waals surface area (Å²) < 4.78 is 18.6. The first-order chi connectivity index (χ1) is 6.44. The van der Waals surface area contributed by atoms with Gasteiger partial charge in [0.2, 0.25) is 0 Å². The molecule has 0 N–H and O–H groups in total. The molecule has 0 heterocycles. The number of hydrogen-bond donors (Lipinski definition) is 0. The third-order valence-electron chi connectivity index (χ3n) is 1.53. The van der Waals surface area contributed by atoms with Crippen LogP contribution in [0.3, 0.4) is 0 Å². The standard InChI is InChI=1S/C11H13FO2/c1-11(2,3)14-10-8(7-13)5-4-6-9(10)12/h4-7H,1-3H3. The van der Waals surface area contributed by atoms with Gasteiger partial charge in [-0.2, -0.15) is 0 Å². The molecular formula is C11H13FO2. The number of ether oxygens (including phenoxy) is 1. The van der Waals surface area contributed by atoms with Gasteiger partial charge in [-0.25, -0.2) is 4.39 Å². The van der Waals surface area contributed by atoms with Crippen LogP contribution in [0.5, 0.6) is 5.75 Å². The molecule has 0 amide bonds. The maximum atomic E-state index is 13.3. The highest BCUT2D eigenvalue weighted by molar-refractivity contribution is 5.79. The lowest BCUT2D eigenvalue weighted by atomic mass is 10.1. The fraction of sp³-hybridized carbons (Fsp3) is 0.364. The fourth-order valence-corrected chi connectivity index (χ4v) is 1.03. The van der Waals surface area contributed by atoms with E-state index in [-0.39, 0.29) is 11.3 Å². The summed E-state index contributed by atoms with van der Waals surface area (Å²) in [6.45, 7) is 5.40. The van der Waals surface area contributed by atoms with Crippen LogP contribution in [0.25, 0.3) is 0 Å². The van der Waals surface area contributed by atoms with Gasteiger partial charge >= 0.3 is 0 Å². The average molecular weight is 196 g/mol. The summed E-state index contributed by atoms with van der Waals surface area (Å²) in [5.41, 5.74) is -0.278. The first-order valence-electron chi connectivity index (χ1n) is 4.37. The van der Waals surface area contributed by atoms with E-state index in [2.05, 4.69) is 0 Å². The molecule has 0 fully saturated rings. The van der Waals surface area contributed by atoms with Crippen molar-refractivity contribution in [3.63, 3.8) is 0 Å². The Morgan fingerprint density at radius 2 is 2.00 bits per heavy atom. The molecule has 1 aromatic rings. The Morgan fingerprint density at radius 3 is 2.50 bits per heavy atom. The number of benzene rings is 1. The number of carbonyl (C=O) groups is 1. The summed E-state index contributed by atoms with van der Waals surface area (Å²) in [6.07, 6.45) is 0.587. The monoisotopic (exact) mass is 196 g/mol. The van der Waals surface area contributed by atoms with E-state index >= 15 is 0 Å². The Hall–Kier alpha value is -1.38. The van der Waals surface area contributed by atoms with Crippen molar-refractivity contribution in [3.05, 3.63) is 29.6 Å². The lowest BCUT2D eigenvalue weighted by molar-refractivity contribution is 0.108. The van der Waals surface area contributed by atoms with Crippen LogP contribution in [-0.4, -0.2) is 11.9 Å². The first kappa shape index (κ1) is 10.7. The SMILES string of the molecule is CC(C)(C)Oc1c(F)cccc1C=O. The van der Waals surface area contributed by atoms with Crippen LogP contribution in [0.4, 0.5) is 4.39 Å². The molecule has 1 rings (SSSR count). The molecule has 0 radical (unpaired) electrons. The highest BCUT2D eigenvalue weighted by Gasteiger charge is 2.17. The van der Waals surface area contributed by atoms with Crippen LogP contribution >= 0.6 is 0 Å². The van der Waals surface area contributed by atoms with Crippen LogP contribution in [0.2, 0.25) is 0 Å². The summed E-state index contributed by atoms with van der Waals surface area (Å²) in [6, 6.07) is 4.28. The Balaban J connectivity index is 3.11. The van der Waals surface area contributed by atoms with Crippen molar-refractivity contribution in [1.29, 1.82) is 0 Å². The molecule has 14 heavy (non-hydrogen) atoms. The number of halogens is 1. The summed E-state index contributed by atoms with van der Waals surface area (Å²) in [4.78, 5) is 10.6. The number of aldehydes is 1. The molecule has 3 heteroatoms. The summed E-state index contributed by atoms with van der Waals surface area (Å²) in [5, 5.41) is 0. The Labute approximate surface area is 82.7 Å². The second-order valence-corrected chi connectivity index (χ2v) is 3.99. The van der Waals surface area contributed by atoms with Crippen molar-refractivity contribution in [2.45, 2.75) is 26.4 Å². The zero-order valence-electron chi connectivity index (χ0n) is 8.50. The van der Waals surface area contributed by atoms with E-state index < -0.39 is 11.4 Å². The Bertz CT molecular complexity index is 340. The highest BCUT2D eigenvalue weighted by atomic mass is 19.1. The smallest absolute Gasteiger partial charge is 0.166 e. The number of para-hydroxylation sites is 1. The van der Waals surface area contributed by atoms with Crippen molar-refractivity contribution in [3.8, 4) is 5.75 Å². The van der Waals surface area contributed by atoms with E-state index in [1.54, 1.807) is 20.8 Å². The third kappa shape index (κ3) is 2.55. The minimum atomic E-state index is -0.514. The van der Waals surface area contributed by atoms with Crippen LogP contribution in [0, 0.1) is 5.82 Å². The molecular weight excluding hydrogens is 183 g/mol. The molecule has 0 aromatic heterocycles. The van der Waals surface area contributed by atoms with Gasteiger partial charge in [-0.15, -0.1) is 0 Å². The molecule has 0 aliphatic carbocycles. The molecule has 0 aliphatic heterocycles. The minimum Gasteiger partial charge on any atom is -0.484 e. The molecule has 0 saturated heterocycles. The fourth-order valence-electron chi connectivity index (χ4n) is 1.03.